The average molecular weight is 293 g/mol. The molecule has 0 saturated carbocycles. The number of carbonyl (C=O) groups excluding carboxylic acids is 2. The number of benzene rings is 1. The molecule has 2 N–H and O–H groups in total. The Balaban J connectivity index is 1.98. The number of hydrogen-bond acceptors (Lipinski definition) is 2. The number of nitrogens with one attached hydrogen (secondary N) is 2. The van der Waals surface area contributed by atoms with Gasteiger partial charge in [-0.15, -0.1) is 0 Å². The van der Waals surface area contributed by atoms with Gasteiger partial charge >= 0.3 is 6.03 Å². The van der Waals surface area contributed by atoms with Crippen LogP contribution in [0.2, 0.25) is 0 Å². The summed E-state index contributed by atoms with van der Waals surface area (Å²) >= 11 is 0. The summed E-state index contributed by atoms with van der Waals surface area (Å²) in [7, 11) is 0. The first kappa shape index (κ1) is 15.3. The van der Waals surface area contributed by atoms with Crippen LogP contribution in [-0.2, 0) is 4.79 Å². The summed E-state index contributed by atoms with van der Waals surface area (Å²) in [4.78, 5) is 25.6. The van der Waals surface area contributed by atoms with Crippen LogP contribution in [0.5, 0.6) is 0 Å². The molecule has 2 rings (SSSR count). The summed E-state index contributed by atoms with van der Waals surface area (Å²) in [5.41, 5.74) is 0.282. The van der Waals surface area contributed by atoms with E-state index >= 15 is 0 Å². The SMILES string of the molecule is CC(C)(C)NC(=O)N[C@H]1CCN(c2ccc(F)cc2)C1=O. The molecule has 0 aliphatic carbocycles. The zero-order valence-corrected chi connectivity index (χ0v) is 12.4. The number of nitrogens with zero attached hydrogens (tertiary/aromatic N) is 1. The summed E-state index contributed by atoms with van der Waals surface area (Å²) in [5, 5.41) is 5.44. The third-order valence-corrected chi connectivity index (χ3v) is 3.14. The Kier molecular flexibility index (Phi) is 4.16. The second-order valence-corrected chi connectivity index (χ2v) is 6.16. The first-order valence-electron chi connectivity index (χ1n) is 6.92. The fraction of sp³-hybridized carbons (Fsp3) is 0.467. The van der Waals surface area contributed by atoms with E-state index in [1.165, 1.54) is 12.1 Å². The van der Waals surface area contributed by atoms with Crippen molar-refractivity contribution in [3.05, 3.63) is 30.1 Å². The third-order valence-electron chi connectivity index (χ3n) is 3.14. The minimum atomic E-state index is -0.544. The fourth-order valence-electron chi connectivity index (χ4n) is 2.23. The highest BCUT2D eigenvalue weighted by Gasteiger charge is 2.34. The van der Waals surface area contributed by atoms with Crippen LogP contribution in [0, 0.1) is 5.82 Å². The standard InChI is InChI=1S/C15H20FN3O2/c1-15(2,3)18-14(21)17-12-8-9-19(13(12)20)11-6-4-10(16)5-7-11/h4-7,12H,8-9H2,1-3H3,(H2,17,18,21)/t12-/m0/s1. The number of carbonyl (C=O) groups is 2. The quantitative estimate of drug-likeness (QED) is 0.876. The van der Waals surface area contributed by atoms with Gasteiger partial charge < -0.3 is 15.5 Å². The zero-order chi connectivity index (χ0) is 15.6. The maximum absolute atomic E-state index is 12.9. The first-order chi connectivity index (χ1) is 9.76. The fourth-order valence-corrected chi connectivity index (χ4v) is 2.23. The zero-order valence-electron chi connectivity index (χ0n) is 12.4. The number of halogens is 1. The van der Waals surface area contributed by atoms with E-state index < -0.39 is 6.04 Å². The topological polar surface area (TPSA) is 61.4 Å². The van der Waals surface area contributed by atoms with E-state index in [4.69, 9.17) is 0 Å². The molecule has 3 amide bonds. The molecular weight excluding hydrogens is 273 g/mol. The van der Waals surface area contributed by atoms with Gasteiger partial charge in [0.05, 0.1) is 0 Å². The molecule has 21 heavy (non-hydrogen) atoms. The summed E-state index contributed by atoms with van der Waals surface area (Å²) in [6.07, 6.45) is 0.535. The van der Waals surface area contributed by atoms with E-state index in [2.05, 4.69) is 10.6 Å². The molecule has 1 aromatic carbocycles. The summed E-state index contributed by atoms with van der Waals surface area (Å²) in [6, 6.07) is 4.85. The van der Waals surface area contributed by atoms with Crippen LogP contribution >= 0.6 is 0 Å². The van der Waals surface area contributed by atoms with Crippen molar-refractivity contribution in [3.8, 4) is 0 Å². The molecule has 0 aromatic heterocycles. The Labute approximate surface area is 123 Å². The minimum Gasteiger partial charge on any atom is -0.334 e. The van der Waals surface area contributed by atoms with Gasteiger partial charge in [0.2, 0.25) is 5.91 Å². The van der Waals surface area contributed by atoms with E-state index in [1.807, 2.05) is 20.8 Å². The Morgan fingerprint density at radius 1 is 1.29 bits per heavy atom. The van der Waals surface area contributed by atoms with Gasteiger partial charge in [-0.05, 0) is 51.5 Å². The van der Waals surface area contributed by atoms with Crippen molar-refractivity contribution in [2.75, 3.05) is 11.4 Å². The molecule has 0 unspecified atom stereocenters. The van der Waals surface area contributed by atoms with Crippen LogP contribution < -0.4 is 15.5 Å². The van der Waals surface area contributed by atoms with Crippen molar-refractivity contribution in [3.63, 3.8) is 0 Å². The van der Waals surface area contributed by atoms with Gasteiger partial charge in [0.15, 0.2) is 0 Å². The van der Waals surface area contributed by atoms with Crippen LogP contribution in [0.25, 0.3) is 0 Å². The van der Waals surface area contributed by atoms with Gasteiger partial charge in [-0.2, -0.15) is 0 Å². The van der Waals surface area contributed by atoms with Crippen molar-refractivity contribution in [2.45, 2.75) is 38.8 Å². The normalized spacial score (nSPS) is 18.8. The average Bonchev–Trinajstić information content (AvgIpc) is 2.70. The summed E-state index contributed by atoms with van der Waals surface area (Å²) < 4.78 is 12.9. The molecule has 1 saturated heterocycles. The predicted octanol–water partition coefficient (Wildman–Crippen LogP) is 2.03. The van der Waals surface area contributed by atoms with E-state index in [-0.39, 0.29) is 23.3 Å². The molecule has 1 heterocycles. The number of anilines is 1. The molecule has 0 spiro atoms. The van der Waals surface area contributed by atoms with E-state index in [1.54, 1.807) is 17.0 Å². The smallest absolute Gasteiger partial charge is 0.315 e. The molecular formula is C15H20FN3O2. The largest absolute Gasteiger partial charge is 0.334 e. The molecule has 5 nitrogen and oxygen atoms in total. The van der Waals surface area contributed by atoms with Crippen molar-refractivity contribution < 1.29 is 14.0 Å². The molecule has 1 aliphatic rings. The molecule has 1 aromatic rings. The van der Waals surface area contributed by atoms with Crippen molar-refractivity contribution in [2.24, 2.45) is 0 Å². The molecule has 1 atom stereocenters. The second kappa shape index (κ2) is 5.71. The molecule has 0 radical (unpaired) electrons. The van der Waals surface area contributed by atoms with Crippen LogP contribution in [-0.4, -0.2) is 30.1 Å². The van der Waals surface area contributed by atoms with Gasteiger partial charge in [-0.3, -0.25) is 4.79 Å². The maximum Gasteiger partial charge on any atom is 0.315 e. The summed E-state index contributed by atoms with van der Waals surface area (Å²) in [6.45, 7) is 6.11. The van der Waals surface area contributed by atoms with E-state index in [0.717, 1.165) is 0 Å². The van der Waals surface area contributed by atoms with Gasteiger partial charge in [-0.25, -0.2) is 9.18 Å². The lowest BCUT2D eigenvalue weighted by molar-refractivity contribution is -0.118. The van der Waals surface area contributed by atoms with Crippen molar-refractivity contribution in [1.82, 2.24) is 10.6 Å². The highest BCUT2D eigenvalue weighted by molar-refractivity contribution is 6.01. The second-order valence-electron chi connectivity index (χ2n) is 6.16. The Bertz CT molecular complexity index is 537. The Morgan fingerprint density at radius 3 is 2.48 bits per heavy atom. The van der Waals surface area contributed by atoms with Crippen LogP contribution in [0.1, 0.15) is 27.2 Å². The Morgan fingerprint density at radius 2 is 1.90 bits per heavy atom. The van der Waals surface area contributed by atoms with E-state index in [9.17, 15) is 14.0 Å². The van der Waals surface area contributed by atoms with Gasteiger partial charge in [0, 0.05) is 17.8 Å². The Hall–Kier alpha value is -2.11. The van der Waals surface area contributed by atoms with Gasteiger partial charge in [0.1, 0.15) is 11.9 Å². The number of amides is 3. The number of urea groups is 1. The molecule has 1 aliphatic heterocycles. The number of hydrogen-bond donors (Lipinski definition) is 2. The monoisotopic (exact) mass is 293 g/mol. The van der Waals surface area contributed by atoms with Gasteiger partial charge in [0.25, 0.3) is 0 Å². The first-order valence-corrected chi connectivity index (χ1v) is 6.92. The molecule has 6 heteroatoms. The lowest BCUT2D eigenvalue weighted by Gasteiger charge is -2.22. The lowest BCUT2D eigenvalue weighted by Crippen LogP contribution is -2.51. The molecule has 114 valence electrons. The lowest BCUT2D eigenvalue weighted by atomic mass is 10.1. The van der Waals surface area contributed by atoms with Gasteiger partial charge in [-0.1, -0.05) is 0 Å². The van der Waals surface area contributed by atoms with E-state index in [0.29, 0.717) is 18.7 Å². The van der Waals surface area contributed by atoms with Crippen molar-refractivity contribution >= 4 is 17.6 Å². The van der Waals surface area contributed by atoms with Crippen molar-refractivity contribution in [1.29, 1.82) is 0 Å². The third kappa shape index (κ3) is 3.93. The highest BCUT2D eigenvalue weighted by atomic mass is 19.1. The highest BCUT2D eigenvalue weighted by Crippen LogP contribution is 2.21. The minimum absolute atomic E-state index is 0.175. The van der Waals surface area contributed by atoms with Crippen LogP contribution in [0.15, 0.2) is 24.3 Å². The van der Waals surface area contributed by atoms with Crippen LogP contribution in [0.3, 0.4) is 0 Å². The molecule has 0 bridgehead atoms. The molecule has 1 fully saturated rings. The number of rotatable bonds is 2. The van der Waals surface area contributed by atoms with Crippen LogP contribution in [0.4, 0.5) is 14.9 Å². The maximum atomic E-state index is 12.9. The summed E-state index contributed by atoms with van der Waals surface area (Å²) in [5.74, 6) is -0.518. The predicted molar refractivity (Wildman–Crippen MR) is 78.6 cm³/mol.